The number of phenolic OH excluding ortho intramolecular Hbond substituents is 3. The van der Waals surface area contributed by atoms with E-state index in [0.717, 1.165) is 0 Å². The van der Waals surface area contributed by atoms with Crippen LogP contribution in [-0.2, 0) is 0 Å². The number of aromatic hydroxyl groups is 3. The minimum Gasteiger partial charge on any atom is -0.508 e. The molecule has 0 fully saturated rings. The second-order valence-corrected chi connectivity index (χ2v) is 3.64. The van der Waals surface area contributed by atoms with Crippen molar-refractivity contribution in [2.24, 2.45) is 0 Å². The highest BCUT2D eigenvalue weighted by molar-refractivity contribution is 5.75. The average molecular weight is 228 g/mol. The van der Waals surface area contributed by atoms with Crippen LogP contribution in [0.4, 0.5) is 0 Å². The molecule has 0 heterocycles. The van der Waals surface area contributed by atoms with E-state index < -0.39 is 0 Å². The molecule has 0 amide bonds. The summed E-state index contributed by atoms with van der Waals surface area (Å²) in [7, 11) is 0. The average Bonchev–Trinajstić information content (AvgIpc) is 2.32. The molecule has 3 heteroatoms. The van der Waals surface area contributed by atoms with Crippen LogP contribution in [0.1, 0.15) is 11.1 Å². The Morgan fingerprint density at radius 1 is 0.706 bits per heavy atom. The van der Waals surface area contributed by atoms with Crippen molar-refractivity contribution in [2.75, 3.05) is 0 Å². The normalized spacial score (nSPS) is 10.8. The number of hydrogen-bond acceptors (Lipinski definition) is 3. The molecule has 0 unspecified atom stereocenters. The first-order chi connectivity index (χ1) is 8.16. The fourth-order valence-corrected chi connectivity index (χ4v) is 1.48. The maximum Gasteiger partial charge on any atom is 0.123 e. The lowest BCUT2D eigenvalue weighted by Gasteiger charge is -2.00. The molecule has 0 atom stereocenters. The highest BCUT2D eigenvalue weighted by Gasteiger charge is 1.99. The molecule has 0 aliphatic rings. The van der Waals surface area contributed by atoms with Gasteiger partial charge in [0.1, 0.15) is 17.2 Å². The van der Waals surface area contributed by atoms with E-state index >= 15 is 0 Å². The van der Waals surface area contributed by atoms with Gasteiger partial charge in [0, 0.05) is 11.1 Å². The molecule has 3 nitrogen and oxygen atoms in total. The van der Waals surface area contributed by atoms with Crippen molar-refractivity contribution in [3.63, 3.8) is 0 Å². The lowest BCUT2D eigenvalue weighted by Crippen LogP contribution is -1.76. The van der Waals surface area contributed by atoms with E-state index in [9.17, 15) is 15.3 Å². The second kappa shape index (κ2) is 4.61. The van der Waals surface area contributed by atoms with Crippen LogP contribution in [0.25, 0.3) is 12.2 Å². The summed E-state index contributed by atoms with van der Waals surface area (Å²) in [5.74, 6) is 0.331. The molecule has 86 valence electrons. The molecule has 0 aromatic heterocycles. The number of phenols is 3. The molecular weight excluding hydrogens is 216 g/mol. The topological polar surface area (TPSA) is 60.7 Å². The molecule has 2 aromatic carbocycles. The SMILES string of the molecule is Oc1ccc(O)c(/C=C/c2ccccc2O)c1. The maximum absolute atomic E-state index is 9.56. The predicted octanol–water partition coefficient (Wildman–Crippen LogP) is 2.97. The Morgan fingerprint density at radius 3 is 2.12 bits per heavy atom. The van der Waals surface area contributed by atoms with Gasteiger partial charge in [-0.2, -0.15) is 0 Å². The molecule has 0 spiro atoms. The van der Waals surface area contributed by atoms with Crippen molar-refractivity contribution in [1.82, 2.24) is 0 Å². The van der Waals surface area contributed by atoms with Crippen LogP contribution in [0.3, 0.4) is 0 Å². The van der Waals surface area contributed by atoms with Gasteiger partial charge in [-0.05, 0) is 24.3 Å². The van der Waals surface area contributed by atoms with E-state index in [1.54, 1.807) is 30.4 Å². The zero-order valence-corrected chi connectivity index (χ0v) is 9.04. The maximum atomic E-state index is 9.56. The Balaban J connectivity index is 2.32. The zero-order valence-electron chi connectivity index (χ0n) is 9.04. The van der Waals surface area contributed by atoms with Gasteiger partial charge >= 0.3 is 0 Å². The van der Waals surface area contributed by atoms with E-state index in [-0.39, 0.29) is 17.2 Å². The third-order valence-corrected chi connectivity index (χ3v) is 2.39. The standard InChI is InChI=1S/C14H12O3/c15-12-7-8-14(17)11(9-12)6-5-10-3-1-2-4-13(10)16/h1-9,15-17H/b6-5+. The third kappa shape index (κ3) is 2.58. The van der Waals surface area contributed by atoms with Crippen LogP contribution in [0.2, 0.25) is 0 Å². The Labute approximate surface area is 98.9 Å². The van der Waals surface area contributed by atoms with Gasteiger partial charge in [-0.1, -0.05) is 30.4 Å². The van der Waals surface area contributed by atoms with Gasteiger partial charge in [0.25, 0.3) is 0 Å². The van der Waals surface area contributed by atoms with Crippen LogP contribution in [0, 0.1) is 0 Å². The minimum atomic E-state index is 0.0782. The quantitative estimate of drug-likeness (QED) is 0.547. The zero-order chi connectivity index (χ0) is 12.3. The van der Waals surface area contributed by atoms with Crippen molar-refractivity contribution >= 4 is 12.2 Å². The van der Waals surface area contributed by atoms with Gasteiger partial charge in [0.05, 0.1) is 0 Å². The van der Waals surface area contributed by atoms with E-state index in [0.29, 0.717) is 11.1 Å². The number of para-hydroxylation sites is 1. The minimum absolute atomic E-state index is 0.0782. The van der Waals surface area contributed by atoms with Crippen molar-refractivity contribution < 1.29 is 15.3 Å². The molecule has 0 bridgehead atoms. The summed E-state index contributed by atoms with van der Waals surface area (Å²) < 4.78 is 0. The van der Waals surface area contributed by atoms with Crippen molar-refractivity contribution in [3.8, 4) is 17.2 Å². The van der Waals surface area contributed by atoms with Crippen molar-refractivity contribution in [1.29, 1.82) is 0 Å². The Bertz CT molecular complexity index is 559. The molecule has 0 radical (unpaired) electrons. The Kier molecular flexibility index (Phi) is 3.01. The van der Waals surface area contributed by atoms with E-state index in [1.165, 1.54) is 18.2 Å². The van der Waals surface area contributed by atoms with Crippen LogP contribution in [0.15, 0.2) is 42.5 Å². The Hall–Kier alpha value is -2.42. The fourth-order valence-electron chi connectivity index (χ4n) is 1.48. The first-order valence-electron chi connectivity index (χ1n) is 5.15. The fraction of sp³-hybridized carbons (Fsp3) is 0. The molecule has 2 rings (SSSR count). The lowest BCUT2D eigenvalue weighted by atomic mass is 10.1. The van der Waals surface area contributed by atoms with Crippen LogP contribution in [0.5, 0.6) is 17.2 Å². The summed E-state index contributed by atoms with van der Waals surface area (Å²) in [5.41, 5.74) is 1.14. The van der Waals surface area contributed by atoms with Gasteiger partial charge in [0.15, 0.2) is 0 Å². The molecule has 3 N–H and O–H groups in total. The van der Waals surface area contributed by atoms with Gasteiger partial charge < -0.3 is 15.3 Å². The smallest absolute Gasteiger partial charge is 0.123 e. The lowest BCUT2D eigenvalue weighted by molar-refractivity contribution is 0.459. The van der Waals surface area contributed by atoms with Crippen molar-refractivity contribution in [2.45, 2.75) is 0 Å². The van der Waals surface area contributed by atoms with E-state index in [4.69, 9.17) is 0 Å². The molecule has 0 aliphatic carbocycles. The molecule has 17 heavy (non-hydrogen) atoms. The number of hydrogen-bond donors (Lipinski definition) is 3. The predicted molar refractivity (Wildman–Crippen MR) is 66.8 cm³/mol. The second-order valence-electron chi connectivity index (χ2n) is 3.64. The molecular formula is C14H12O3. The van der Waals surface area contributed by atoms with Gasteiger partial charge in [-0.25, -0.2) is 0 Å². The first kappa shape index (κ1) is 11.1. The highest BCUT2D eigenvalue weighted by atomic mass is 16.3. The summed E-state index contributed by atoms with van der Waals surface area (Å²) >= 11 is 0. The Morgan fingerprint density at radius 2 is 1.35 bits per heavy atom. The summed E-state index contributed by atoms with van der Waals surface area (Å²) in [5, 5.41) is 28.4. The van der Waals surface area contributed by atoms with Gasteiger partial charge in [-0.3, -0.25) is 0 Å². The van der Waals surface area contributed by atoms with Gasteiger partial charge in [0.2, 0.25) is 0 Å². The number of rotatable bonds is 2. The summed E-state index contributed by atoms with van der Waals surface area (Å²) in [6.07, 6.45) is 3.30. The number of benzene rings is 2. The van der Waals surface area contributed by atoms with Crippen LogP contribution in [-0.4, -0.2) is 15.3 Å². The summed E-state index contributed by atoms with van der Waals surface area (Å²) in [6, 6.07) is 11.2. The highest BCUT2D eigenvalue weighted by Crippen LogP contribution is 2.25. The largest absolute Gasteiger partial charge is 0.508 e. The van der Waals surface area contributed by atoms with Crippen LogP contribution >= 0.6 is 0 Å². The monoisotopic (exact) mass is 228 g/mol. The van der Waals surface area contributed by atoms with Crippen LogP contribution < -0.4 is 0 Å². The van der Waals surface area contributed by atoms with Gasteiger partial charge in [-0.15, -0.1) is 0 Å². The van der Waals surface area contributed by atoms with E-state index in [2.05, 4.69) is 0 Å². The molecule has 0 saturated carbocycles. The molecule has 0 aliphatic heterocycles. The summed E-state index contributed by atoms with van der Waals surface area (Å²) in [4.78, 5) is 0. The first-order valence-corrected chi connectivity index (χ1v) is 5.15. The molecule has 2 aromatic rings. The molecule has 0 saturated heterocycles. The third-order valence-electron chi connectivity index (χ3n) is 2.39. The van der Waals surface area contributed by atoms with Crippen molar-refractivity contribution in [3.05, 3.63) is 53.6 Å². The van der Waals surface area contributed by atoms with E-state index in [1.807, 2.05) is 6.07 Å². The summed E-state index contributed by atoms with van der Waals surface area (Å²) in [6.45, 7) is 0.